The summed E-state index contributed by atoms with van der Waals surface area (Å²) in [5.74, 6) is -0.603. The Labute approximate surface area is 212 Å². The van der Waals surface area contributed by atoms with Crippen LogP contribution in [0.2, 0.25) is 0 Å². The molecule has 4 atom stereocenters. The second-order valence-electron chi connectivity index (χ2n) is 10.5. The molecule has 2 unspecified atom stereocenters. The quantitative estimate of drug-likeness (QED) is 0.390. The number of hydrogen-bond donors (Lipinski definition) is 0. The number of benzene rings is 1. The fraction of sp³-hybridized carbons (Fsp3) is 0.296. The van der Waals surface area contributed by atoms with E-state index in [4.69, 9.17) is 4.98 Å². The summed E-state index contributed by atoms with van der Waals surface area (Å²) in [5.41, 5.74) is 3.58. The third-order valence-corrected chi connectivity index (χ3v) is 9.30. The van der Waals surface area contributed by atoms with Gasteiger partial charge in [0.15, 0.2) is 9.84 Å². The van der Waals surface area contributed by atoms with Crippen LogP contribution in [0.4, 0.5) is 8.78 Å². The summed E-state index contributed by atoms with van der Waals surface area (Å²) in [6.07, 6.45) is 5.20. The van der Waals surface area contributed by atoms with Crippen molar-refractivity contribution < 1.29 is 17.2 Å². The van der Waals surface area contributed by atoms with Gasteiger partial charge in [0.2, 0.25) is 0 Å². The standard InChI is InChI=1S/C27H21F2N5O2S/c1-26-16-10-27(26,21-8-4-7-19(32-21)14-11-30-22(31-12-14)13-37(2,35)36)25-15(24(16)26)9-20(33-34-25)23-17(28)5-3-6-18(23)29/h3-9,11-12,16,24H,10,13H2,1-2H3/t16?,24-,26?,27+/m1/s1. The Kier molecular flexibility index (Phi) is 4.40. The molecular weight excluding hydrogens is 496 g/mol. The summed E-state index contributed by atoms with van der Waals surface area (Å²) in [6, 6.07) is 11.4. The number of sulfone groups is 1. The summed E-state index contributed by atoms with van der Waals surface area (Å²) >= 11 is 0. The first-order valence-electron chi connectivity index (χ1n) is 11.9. The second kappa shape index (κ2) is 7.22. The molecule has 2 saturated carbocycles. The van der Waals surface area contributed by atoms with Crippen molar-refractivity contribution in [1.29, 1.82) is 0 Å². The molecule has 3 aromatic heterocycles. The van der Waals surface area contributed by atoms with Gasteiger partial charge in [-0.25, -0.2) is 27.2 Å². The van der Waals surface area contributed by atoms with E-state index in [1.807, 2.05) is 18.2 Å². The molecule has 0 bridgehead atoms. The smallest absolute Gasteiger partial charge is 0.154 e. The Morgan fingerprint density at radius 1 is 1.00 bits per heavy atom. The summed E-state index contributed by atoms with van der Waals surface area (Å²) in [5, 5.41) is 8.82. The molecule has 7 rings (SSSR count). The van der Waals surface area contributed by atoms with E-state index >= 15 is 0 Å². The van der Waals surface area contributed by atoms with Crippen molar-refractivity contribution in [3.05, 3.63) is 89.3 Å². The van der Waals surface area contributed by atoms with Gasteiger partial charge in [-0.3, -0.25) is 4.98 Å². The highest BCUT2D eigenvalue weighted by molar-refractivity contribution is 7.89. The van der Waals surface area contributed by atoms with Crippen LogP contribution in [-0.4, -0.2) is 39.8 Å². The van der Waals surface area contributed by atoms with Gasteiger partial charge in [-0.2, -0.15) is 5.10 Å². The van der Waals surface area contributed by atoms with Gasteiger partial charge < -0.3 is 0 Å². The molecule has 0 amide bonds. The molecular formula is C27H21F2N5O2S. The maximum atomic E-state index is 14.5. The van der Waals surface area contributed by atoms with Crippen molar-refractivity contribution in [3.8, 4) is 22.5 Å². The van der Waals surface area contributed by atoms with Crippen LogP contribution in [0.3, 0.4) is 0 Å². The summed E-state index contributed by atoms with van der Waals surface area (Å²) in [7, 11) is -3.23. The molecule has 2 fully saturated rings. The van der Waals surface area contributed by atoms with Gasteiger partial charge in [0.05, 0.1) is 33.8 Å². The zero-order valence-corrected chi connectivity index (χ0v) is 20.8. The largest absolute Gasteiger partial charge is 0.252 e. The Balaban J connectivity index is 1.29. The van der Waals surface area contributed by atoms with E-state index in [0.717, 1.165) is 29.6 Å². The molecule has 7 nitrogen and oxygen atoms in total. The number of aromatic nitrogens is 5. The SMILES string of the molecule is CC12C3C[C@]1(c1cccc(-c4cnc(CS(C)(=O)=O)nc4)n1)c1nnc(-c4c(F)cccc4F)cc1[C@H]32. The van der Waals surface area contributed by atoms with Crippen LogP contribution >= 0.6 is 0 Å². The normalized spacial score (nSPS) is 26.8. The fourth-order valence-electron chi connectivity index (χ4n) is 6.79. The van der Waals surface area contributed by atoms with Crippen molar-refractivity contribution in [2.24, 2.45) is 11.3 Å². The second-order valence-corrected chi connectivity index (χ2v) is 12.6. The number of hydrogen-bond acceptors (Lipinski definition) is 7. The molecule has 0 saturated heterocycles. The summed E-state index contributed by atoms with van der Waals surface area (Å²) < 4.78 is 52.0. The van der Waals surface area contributed by atoms with Crippen LogP contribution in [-0.2, 0) is 21.0 Å². The maximum Gasteiger partial charge on any atom is 0.154 e. The number of halogens is 2. The zero-order chi connectivity index (χ0) is 25.7. The van der Waals surface area contributed by atoms with Crippen LogP contribution in [0.5, 0.6) is 0 Å². The van der Waals surface area contributed by atoms with Gasteiger partial charge >= 0.3 is 0 Å². The van der Waals surface area contributed by atoms with E-state index in [9.17, 15) is 17.2 Å². The molecule has 0 radical (unpaired) electrons. The Morgan fingerprint density at radius 3 is 2.41 bits per heavy atom. The Bertz CT molecular complexity index is 1710. The zero-order valence-electron chi connectivity index (χ0n) is 20.0. The van der Waals surface area contributed by atoms with Crippen LogP contribution in [0.1, 0.15) is 42.0 Å². The fourth-order valence-corrected chi connectivity index (χ4v) is 7.41. The lowest BCUT2D eigenvalue weighted by atomic mass is 9.57. The number of fused-ring (bicyclic) bond motifs is 4. The highest BCUT2D eigenvalue weighted by Gasteiger charge is 2.87. The first kappa shape index (κ1) is 22.5. The summed E-state index contributed by atoms with van der Waals surface area (Å²) in [4.78, 5) is 13.4. The predicted octanol–water partition coefficient (Wildman–Crippen LogP) is 4.24. The van der Waals surface area contributed by atoms with Crippen LogP contribution in [0.15, 0.2) is 54.9 Å². The molecule has 37 heavy (non-hydrogen) atoms. The third-order valence-electron chi connectivity index (χ3n) is 8.52. The van der Waals surface area contributed by atoms with Crippen LogP contribution < -0.4 is 0 Å². The van der Waals surface area contributed by atoms with Crippen molar-refractivity contribution in [2.45, 2.75) is 30.4 Å². The van der Waals surface area contributed by atoms with Gasteiger partial charge in [-0.1, -0.05) is 19.1 Å². The van der Waals surface area contributed by atoms with E-state index < -0.39 is 26.9 Å². The first-order chi connectivity index (χ1) is 17.6. The van der Waals surface area contributed by atoms with Gasteiger partial charge in [-0.15, -0.1) is 5.10 Å². The van der Waals surface area contributed by atoms with Crippen molar-refractivity contribution >= 4 is 9.84 Å². The van der Waals surface area contributed by atoms with Crippen molar-refractivity contribution in [3.63, 3.8) is 0 Å². The monoisotopic (exact) mass is 517 g/mol. The molecule has 10 heteroatoms. The maximum absolute atomic E-state index is 14.5. The van der Waals surface area contributed by atoms with Crippen LogP contribution in [0.25, 0.3) is 22.5 Å². The van der Waals surface area contributed by atoms with Crippen molar-refractivity contribution in [1.82, 2.24) is 25.1 Å². The minimum Gasteiger partial charge on any atom is -0.252 e. The van der Waals surface area contributed by atoms with E-state index in [-0.39, 0.29) is 34.2 Å². The number of rotatable bonds is 5. The van der Waals surface area contributed by atoms with E-state index in [1.165, 1.54) is 18.2 Å². The Morgan fingerprint density at radius 2 is 1.70 bits per heavy atom. The predicted molar refractivity (Wildman–Crippen MR) is 131 cm³/mol. The molecule has 1 aromatic carbocycles. The molecule has 0 N–H and O–H groups in total. The third kappa shape index (κ3) is 2.96. The molecule has 3 aliphatic carbocycles. The molecule has 4 aromatic rings. The van der Waals surface area contributed by atoms with Crippen LogP contribution in [0, 0.1) is 23.0 Å². The lowest BCUT2D eigenvalue weighted by Gasteiger charge is -2.46. The molecule has 3 heterocycles. The lowest BCUT2D eigenvalue weighted by molar-refractivity contribution is 0.159. The average molecular weight is 518 g/mol. The molecule has 0 spiro atoms. The topological polar surface area (TPSA) is 98.6 Å². The molecule has 3 aliphatic rings. The number of nitrogens with zero attached hydrogens (tertiary/aromatic N) is 5. The molecule has 186 valence electrons. The van der Waals surface area contributed by atoms with Gasteiger partial charge in [-0.05, 0) is 59.6 Å². The minimum atomic E-state index is -3.23. The minimum absolute atomic E-state index is 0.0715. The van der Waals surface area contributed by atoms with E-state index in [2.05, 4.69) is 27.1 Å². The summed E-state index contributed by atoms with van der Waals surface area (Å²) in [6.45, 7) is 2.23. The van der Waals surface area contributed by atoms with E-state index in [1.54, 1.807) is 18.5 Å². The molecule has 0 aliphatic heterocycles. The van der Waals surface area contributed by atoms with Gasteiger partial charge in [0.25, 0.3) is 0 Å². The van der Waals surface area contributed by atoms with Gasteiger partial charge in [0, 0.05) is 24.2 Å². The van der Waals surface area contributed by atoms with Crippen molar-refractivity contribution in [2.75, 3.05) is 6.26 Å². The lowest BCUT2D eigenvalue weighted by Crippen LogP contribution is -2.46. The van der Waals surface area contributed by atoms with Gasteiger partial charge in [0.1, 0.15) is 23.2 Å². The number of pyridine rings is 1. The first-order valence-corrected chi connectivity index (χ1v) is 14.0. The Hall–Kier alpha value is -3.66. The highest BCUT2D eigenvalue weighted by Crippen LogP contribution is 2.90. The van der Waals surface area contributed by atoms with E-state index in [0.29, 0.717) is 17.2 Å². The average Bonchev–Trinajstić information content (AvgIpc) is 3.29. The highest BCUT2D eigenvalue weighted by atomic mass is 32.2.